The molecule has 0 saturated heterocycles. The molecular formula is C22H28N2O3. The minimum Gasteiger partial charge on any atom is -0.497 e. The largest absolute Gasteiger partial charge is 0.497 e. The van der Waals surface area contributed by atoms with Crippen molar-refractivity contribution in [1.82, 2.24) is 4.90 Å². The van der Waals surface area contributed by atoms with Crippen molar-refractivity contribution in [3.8, 4) is 11.5 Å². The molecule has 0 saturated carbocycles. The van der Waals surface area contributed by atoms with Crippen molar-refractivity contribution in [2.75, 3.05) is 53.4 Å². The third kappa shape index (κ3) is 6.15. The highest BCUT2D eigenvalue weighted by Gasteiger charge is 2.07. The van der Waals surface area contributed by atoms with Crippen LogP contribution in [0.25, 0.3) is 6.08 Å². The number of hydrogen-bond donors (Lipinski definition) is 0. The van der Waals surface area contributed by atoms with Crippen LogP contribution in [0.1, 0.15) is 15.9 Å². The first-order chi connectivity index (χ1) is 12.9. The zero-order valence-corrected chi connectivity index (χ0v) is 16.7. The van der Waals surface area contributed by atoms with E-state index in [1.807, 2.05) is 57.5 Å². The molecule has 144 valence electrons. The Labute approximate surface area is 161 Å². The first kappa shape index (κ1) is 20.5. The fourth-order valence-electron chi connectivity index (χ4n) is 2.57. The fourth-order valence-corrected chi connectivity index (χ4v) is 2.57. The summed E-state index contributed by atoms with van der Waals surface area (Å²) in [4.78, 5) is 16.9. The number of methoxy groups -OCH3 is 2. The molecule has 2 rings (SSSR count). The second-order valence-corrected chi connectivity index (χ2v) is 6.62. The second-order valence-electron chi connectivity index (χ2n) is 6.62. The lowest BCUT2D eigenvalue weighted by atomic mass is 10.1. The van der Waals surface area contributed by atoms with Crippen LogP contribution < -0.4 is 14.4 Å². The summed E-state index contributed by atoms with van der Waals surface area (Å²) in [5.41, 5.74) is 2.54. The average molecular weight is 368 g/mol. The molecule has 0 fully saturated rings. The highest BCUT2D eigenvalue weighted by molar-refractivity contribution is 6.07. The van der Waals surface area contributed by atoms with Gasteiger partial charge < -0.3 is 19.3 Å². The Morgan fingerprint density at radius 3 is 2.22 bits per heavy atom. The van der Waals surface area contributed by atoms with Gasteiger partial charge in [0.25, 0.3) is 0 Å². The third-order valence-electron chi connectivity index (χ3n) is 4.26. The predicted octanol–water partition coefficient (Wildman–Crippen LogP) is 3.60. The van der Waals surface area contributed by atoms with Gasteiger partial charge >= 0.3 is 0 Å². The van der Waals surface area contributed by atoms with E-state index >= 15 is 0 Å². The topological polar surface area (TPSA) is 42.0 Å². The molecule has 0 N–H and O–H groups in total. The molecule has 0 aliphatic rings. The number of ether oxygens (including phenoxy) is 2. The summed E-state index contributed by atoms with van der Waals surface area (Å²) in [6.07, 6.45) is 3.35. The monoisotopic (exact) mass is 368 g/mol. The van der Waals surface area contributed by atoms with Crippen LogP contribution in [-0.2, 0) is 0 Å². The van der Waals surface area contributed by atoms with Crippen LogP contribution >= 0.6 is 0 Å². The molecule has 2 aromatic rings. The zero-order chi connectivity index (χ0) is 19.8. The van der Waals surface area contributed by atoms with Gasteiger partial charge in [-0.2, -0.15) is 0 Å². The molecule has 0 unspecified atom stereocenters. The minimum atomic E-state index is -0.0420. The summed E-state index contributed by atoms with van der Waals surface area (Å²) >= 11 is 0. The maximum Gasteiger partial charge on any atom is 0.185 e. The van der Waals surface area contributed by atoms with Gasteiger partial charge in [-0.15, -0.1) is 0 Å². The Hall–Kier alpha value is -2.79. The van der Waals surface area contributed by atoms with Crippen LogP contribution in [0.5, 0.6) is 11.5 Å². The van der Waals surface area contributed by atoms with E-state index in [2.05, 4.69) is 9.80 Å². The fraction of sp³-hybridized carbons (Fsp3) is 0.318. The lowest BCUT2D eigenvalue weighted by Crippen LogP contribution is -2.28. The molecule has 27 heavy (non-hydrogen) atoms. The van der Waals surface area contributed by atoms with Gasteiger partial charge in [0, 0.05) is 37.5 Å². The maximum absolute atomic E-state index is 12.6. The number of likely N-dealkylation sites (N-methyl/N-ethyl adjacent to an activating group) is 2. The highest BCUT2D eigenvalue weighted by atomic mass is 16.5. The Kier molecular flexibility index (Phi) is 7.44. The molecule has 0 heterocycles. The smallest absolute Gasteiger partial charge is 0.185 e. The highest BCUT2D eigenvalue weighted by Crippen LogP contribution is 2.23. The number of benzene rings is 2. The first-order valence-electron chi connectivity index (χ1n) is 8.84. The molecule has 0 bridgehead atoms. The van der Waals surface area contributed by atoms with Crippen molar-refractivity contribution in [3.05, 3.63) is 59.7 Å². The van der Waals surface area contributed by atoms with E-state index in [0.717, 1.165) is 24.3 Å². The molecule has 0 aromatic heterocycles. The summed E-state index contributed by atoms with van der Waals surface area (Å²) < 4.78 is 10.5. The molecule has 0 aliphatic heterocycles. The summed E-state index contributed by atoms with van der Waals surface area (Å²) in [6.45, 7) is 1.84. The number of hydrogen-bond acceptors (Lipinski definition) is 5. The van der Waals surface area contributed by atoms with Gasteiger partial charge in [-0.3, -0.25) is 4.79 Å². The van der Waals surface area contributed by atoms with Crippen molar-refractivity contribution in [2.24, 2.45) is 0 Å². The van der Waals surface area contributed by atoms with Gasteiger partial charge in [0.1, 0.15) is 11.5 Å². The van der Waals surface area contributed by atoms with Crippen molar-refractivity contribution in [1.29, 1.82) is 0 Å². The van der Waals surface area contributed by atoms with Crippen LogP contribution in [0.2, 0.25) is 0 Å². The van der Waals surface area contributed by atoms with Crippen LogP contribution in [0.3, 0.4) is 0 Å². The normalized spacial score (nSPS) is 11.0. The molecule has 0 atom stereocenters. The Bertz CT molecular complexity index is 778. The number of carbonyl (C=O) groups excluding carboxylic acids is 1. The van der Waals surface area contributed by atoms with Gasteiger partial charge in [-0.05, 0) is 50.0 Å². The van der Waals surface area contributed by atoms with E-state index in [4.69, 9.17) is 9.47 Å². The maximum atomic E-state index is 12.6. The van der Waals surface area contributed by atoms with Crippen LogP contribution in [0.4, 0.5) is 5.69 Å². The lowest BCUT2D eigenvalue weighted by Gasteiger charge is -2.21. The van der Waals surface area contributed by atoms with Crippen molar-refractivity contribution in [2.45, 2.75) is 0 Å². The van der Waals surface area contributed by atoms with Crippen LogP contribution in [-0.4, -0.2) is 59.1 Å². The number of rotatable bonds is 9. The third-order valence-corrected chi connectivity index (χ3v) is 4.26. The van der Waals surface area contributed by atoms with E-state index < -0.39 is 0 Å². The molecule has 5 heteroatoms. The van der Waals surface area contributed by atoms with E-state index in [0.29, 0.717) is 17.1 Å². The number of ketones is 1. The van der Waals surface area contributed by atoms with Crippen molar-refractivity contribution in [3.63, 3.8) is 0 Å². The predicted molar refractivity (Wildman–Crippen MR) is 111 cm³/mol. The second kappa shape index (κ2) is 9.78. The van der Waals surface area contributed by atoms with E-state index in [1.54, 1.807) is 32.4 Å². The van der Waals surface area contributed by atoms with Crippen molar-refractivity contribution < 1.29 is 14.3 Å². The van der Waals surface area contributed by atoms with Gasteiger partial charge in [0.15, 0.2) is 5.78 Å². The standard InChI is InChI=1S/C22H28N2O3/c1-23(2)11-12-24(3)19-8-6-7-18(15-19)22(25)10-9-17-13-20(26-4)16-21(14-17)27-5/h6-10,13-16H,11-12H2,1-5H3. The summed E-state index contributed by atoms with van der Waals surface area (Å²) in [5.74, 6) is 1.33. The van der Waals surface area contributed by atoms with Gasteiger partial charge in [-0.25, -0.2) is 0 Å². The minimum absolute atomic E-state index is 0.0420. The molecule has 0 aliphatic carbocycles. The summed E-state index contributed by atoms with van der Waals surface area (Å²) in [6, 6.07) is 13.2. The van der Waals surface area contributed by atoms with Crippen LogP contribution in [0.15, 0.2) is 48.5 Å². The van der Waals surface area contributed by atoms with E-state index in [9.17, 15) is 4.79 Å². The summed E-state index contributed by atoms with van der Waals surface area (Å²) in [7, 11) is 9.33. The number of allylic oxidation sites excluding steroid dienone is 1. The van der Waals surface area contributed by atoms with Gasteiger partial charge in [-0.1, -0.05) is 18.2 Å². The van der Waals surface area contributed by atoms with Crippen molar-refractivity contribution >= 4 is 17.5 Å². The quantitative estimate of drug-likeness (QED) is 0.500. The number of nitrogens with zero attached hydrogens (tertiary/aromatic N) is 2. The first-order valence-corrected chi connectivity index (χ1v) is 8.84. The molecule has 2 aromatic carbocycles. The molecule has 0 amide bonds. The molecule has 0 spiro atoms. The van der Waals surface area contributed by atoms with Gasteiger partial charge in [0.05, 0.1) is 14.2 Å². The molecular weight excluding hydrogens is 340 g/mol. The molecule has 5 nitrogen and oxygen atoms in total. The SMILES string of the molecule is COc1cc(C=CC(=O)c2cccc(N(C)CCN(C)C)c2)cc(OC)c1. The lowest BCUT2D eigenvalue weighted by molar-refractivity contribution is 0.104. The number of carbonyl (C=O) groups is 1. The zero-order valence-electron chi connectivity index (χ0n) is 16.7. The summed E-state index contributed by atoms with van der Waals surface area (Å²) in [5, 5.41) is 0. The van der Waals surface area contributed by atoms with E-state index in [-0.39, 0.29) is 5.78 Å². The molecule has 0 radical (unpaired) electrons. The van der Waals surface area contributed by atoms with E-state index in [1.165, 1.54) is 0 Å². The average Bonchev–Trinajstić information content (AvgIpc) is 2.69. The Morgan fingerprint density at radius 1 is 0.963 bits per heavy atom. The Morgan fingerprint density at radius 2 is 1.63 bits per heavy atom. The van der Waals surface area contributed by atoms with Crippen LogP contribution in [0, 0.1) is 0 Å². The number of anilines is 1. The Balaban J connectivity index is 2.14. The van der Waals surface area contributed by atoms with Gasteiger partial charge in [0.2, 0.25) is 0 Å².